The predicted octanol–water partition coefficient (Wildman–Crippen LogP) is 2.95. The summed E-state index contributed by atoms with van der Waals surface area (Å²) in [6.07, 6.45) is 3.21. The van der Waals surface area contributed by atoms with Gasteiger partial charge in [-0.05, 0) is 44.4 Å². The molecule has 1 aromatic carbocycles. The molecule has 1 saturated heterocycles. The summed E-state index contributed by atoms with van der Waals surface area (Å²) in [7, 11) is 0. The van der Waals surface area contributed by atoms with Crippen LogP contribution in [0, 0.1) is 12.7 Å². The van der Waals surface area contributed by atoms with Crippen molar-refractivity contribution in [3.8, 4) is 0 Å². The van der Waals surface area contributed by atoms with Crippen LogP contribution in [0.5, 0.6) is 0 Å². The van der Waals surface area contributed by atoms with Gasteiger partial charge in [0.15, 0.2) is 5.78 Å². The number of ketones is 1. The molecule has 1 aliphatic heterocycles. The molecule has 1 amide bonds. The van der Waals surface area contributed by atoms with E-state index in [1.54, 1.807) is 12.1 Å². The molecular weight excluding hydrogens is 393 g/mol. The van der Waals surface area contributed by atoms with Crippen LogP contribution in [0.2, 0.25) is 0 Å². The second kappa shape index (κ2) is 9.09. The van der Waals surface area contributed by atoms with Crippen molar-refractivity contribution < 1.29 is 14.0 Å². The molecule has 1 aliphatic carbocycles. The van der Waals surface area contributed by atoms with Crippen LogP contribution in [0.15, 0.2) is 24.3 Å². The highest BCUT2D eigenvalue weighted by atomic mass is 35.5. The van der Waals surface area contributed by atoms with Crippen LogP contribution in [0.4, 0.5) is 4.39 Å². The fourth-order valence-electron chi connectivity index (χ4n) is 4.43. The van der Waals surface area contributed by atoms with Crippen LogP contribution < -0.4 is 10.6 Å². The van der Waals surface area contributed by atoms with Crippen LogP contribution in [0.1, 0.15) is 52.1 Å². The molecular formula is C22H27ClFN3O2. The number of nitrogens with zero attached hydrogens (tertiary/aromatic N) is 1. The Morgan fingerprint density at radius 1 is 1.31 bits per heavy atom. The molecule has 1 fully saturated rings. The summed E-state index contributed by atoms with van der Waals surface area (Å²) in [6.45, 7) is 4.02. The first kappa shape index (κ1) is 21.5. The van der Waals surface area contributed by atoms with Crippen LogP contribution in [-0.4, -0.2) is 35.4 Å². The molecule has 0 spiro atoms. The van der Waals surface area contributed by atoms with E-state index in [0.717, 1.165) is 49.3 Å². The molecule has 1 atom stereocenters. The zero-order valence-electron chi connectivity index (χ0n) is 16.6. The lowest BCUT2D eigenvalue weighted by Crippen LogP contribution is -2.37. The minimum Gasteiger partial charge on any atom is -0.352 e. The van der Waals surface area contributed by atoms with Crippen molar-refractivity contribution in [1.82, 2.24) is 15.2 Å². The molecule has 2 heterocycles. The number of carbonyl (C=O) groups is 2. The summed E-state index contributed by atoms with van der Waals surface area (Å²) in [5.74, 6) is -0.206. The van der Waals surface area contributed by atoms with E-state index in [9.17, 15) is 14.0 Å². The molecule has 0 saturated carbocycles. The Labute approximate surface area is 176 Å². The fraction of sp³-hybridized carbons (Fsp3) is 0.455. The van der Waals surface area contributed by atoms with Gasteiger partial charge in [0.25, 0.3) is 0 Å². The number of hydrogen-bond acceptors (Lipinski definition) is 3. The first-order valence-corrected chi connectivity index (χ1v) is 10.0. The van der Waals surface area contributed by atoms with Crippen molar-refractivity contribution in [1.29, 1.82) is 0 Å². The minimum absolute atomic E-state index is 0. The summed E-state index contributed by atoms with van der Waals surface area (Å²) in [6, 6.07) is 6.87. The molecule has 7 heteroatoms. The van der Waals surface area contributed by atoms with Crippen molar-refractivity contribution in [3.63, 3.8) is 0 Å². The van der Waals surface area contributed by atoms with Gasteiger partial charge in [-0.1, -0.05) is 18.2 Å². The van der Waals surface area contributed by atoms with Crippen LogP contribution in [0.3, 0.4) is 0 Å². The molecule has 5 nitrogen and oxygen atoms in total. The Morgan fingerprint density at radius 3 is 2.83 bits per heavy atom. The molecule has 156 valence electrons. The van der Waals surface area contributed by atoms with Crippen LogP contribution in [0.25, 0.3) is 0 Å². The third kappa shape index (κ3) is 4.38. The molecule has 0 radical (unpaired) electrons. The van der Waals surface area contributed by atoms with Gasteiger partial charge in [-0.3, -0.25) is 9.59 Å². The Kier molecular flexibility index (Phi) is 6.75. The summed E-state index contributed by atoms with van der Waals surface area (Å²) in [5.41, 5.74) is 3.93. The number of fused-ring (bicyclic) bond motifs is 1. The first-order valence-electron chi connectivity index (χ1n) is 10.0. The molecule has 2 aliphatic rings. The van der Waals surface area contributed by atoms with Gasteiger partial charge in [0.05, 0.1) is 13.0 Å². The van der Waals surface area contributed by atoms with E-state index in [4.69, 9.17) is 0 Å². The smallest absolute Gasteiger partial charge is 0.224 e. The van der Waals surface area contributed by atoms with Gasteiger partial charge in [-0.2, -0.15) is 0 Å². The van der Waals surface area contributed by atoms with Gasteiger partial charge in [0.2, 0.25) is 5.91 Å². The van der Waals surface area contributed by atoms with Gasteiger partial charge in [0, 0.05) is 41.5 Å². The highest BCUT2D eigenvalue weighted by molar-refractivity contribution is 6.01. The standard InChI is InChI=1S/C22H26FN3O2.ClH/c1-14-17(11-21(28)25-16-9-10-24-12-16)22-19(7-4-8-20(22)27)26(14)13-15-5-2-3-6-18(15)23;/h2-3,5-6,16,24H,4,7-13H2,1H3,(H,25,28);1H. The Bertz CT molecular complexity index is 919. The van der Waals surface area contributed by atoms with Crippen molar-refractivity contribution in [2.45, 2.75) is 51.6 Å². The average molecular weight is 420 g/mol. The van der Waals surface area contributed by atoms with E-state index in [0.29, 0.717) is 24.1 Å². The highest BCUT2D eigenvalue weighted by Gasteiger charge is 2.29. The second-order valence-corrected chi connectivity index (χ2v) is 7.77. The van der Waals surface area contributed by atoms with E-state index >= 15 is 0 Å². The predicted molar refractivity (Wildman–Crippen MR) is 112 cm³/mol. The zero-order valence-corrected chi connectivity index (χ0v) is 17.4. The van der Waals surface area contributed by atoms with E-state index < -0.39 is 0 Å². The fourth-order valence-corrected chi connectivity index (χ4v) is 4.43. The highest BCUT2D eigenvalue weighted by Crippen LogP contribution is 2.31. The summed E-state index contributed by atoms with van der Waals surface area (Å²) in [5, 5.41) is 6.30. The maximum Gasteiger partial charge on any atom is 0.224 e. The Hall–Kier alpha value is -2.18. The molecule has 1 unspecified atom stereocenters. The van der Waals surface area contributed by atoms with Gasteiger partial charge in [-0.15, -0.1) is 12.4 Å². The van der Waals surface area contributed by atoms with Crippen LogP contribution in [-0.2, 0) is 24.2 Å². The summed E-state index contributed by atoms with van der Waals surface area (Å²) in [4.78, 5) is 25.3. The lowest BCUT2D eigenvalue weighted by Gasteiger charge is -2.16. The summed E-state index contributed by atoms with van der Waals surface area (Å²) < 4.78 is 16.2. The number of benzene rings is 1. The van der Waals surface area contributed by atoms with E-state index in [2.05, 4.69) is 10.6 Å². The maximum atomic E-state index is 14.2. The second-order valence-electron chi connectivity index (χ2n) is 7.77. The molecule has 4 rings (SSSR count). The van der Waals surface area contributed by atoms with Gasteiger partial charge < -0.3 is 15.2 Å². The van der Waals surface area contributed by atoms with E-state index in [1.807, 2.05) is 17.6 Å². The number of carbonyl (C=O) groups excluding carboxylic acids is 2. The topological polar surface area (TPSA) is 63.1 Å². The normalized spacial score (nSPS) is 18.3. The van der Waals surface area contributed by atoms with Crippen molar-refractivity contribution in [2.75, 3.05) is 13.1 Å². The number of nitrogens with one attached hydrogen (secondary N) is 2. The third-order valence-corrected chi connectivity index (χ3v) is 5.90. The Morgan fingerprint density at radius 2 is 2.10 bits per heavy atom. The number of aromatic nitrogens is 1. The zero-order chi connectivity index (χ0) is 19.7. The first-order chi connectivity index (χ1) is 13.5. The SMILES string of the molecule is Cc1c(CC(=O)NC2CCNC2)c2c(n1Cc1ccccc1F)CCCC2=O.Cl. The lowest BCUT2D eigenvalue weighted by molar-refractivity contribution is -0.121. The Balaban J connectivity index is 0.00000240. The van der Waals surface area contributed by atoms with Crippen LogP contribution >= 0.6 is 12.4 Å². The molecule has 2 aromatic rings. The number of rotatable bonds is 5. The summed E-state index contributed by atoms with van der Waals surface area (Å²) >= 11 is 0. The maximum absolute atomic E-state index is 14.2. The van der Waals surface area contributed by atoms with E-state index in [-0.39, 0.29) is 42.4 Å². The minimum atomic E-state index is -0.250. The van der Waals surface area contributed by atoms with Gasteiger partial charge >= 0.3 is 0 Å². The number of hydrogen-bond donors (Lipinski definition) is 2. The van der Waals surface area contributed by atoms with Crippen molar-refractivity contribution >= 4 is 24.1 Å². The number of halogens is 2. The monoisotopic (exact) mass is 419 g/mol. The molecule has 0 bridgehead atoms. The molecule has 2 N–H and O–H groups in total. The van der Waals surface area contributed by atoms with Gasteiger partial charge in [-0.25, -0.2) is 4.39 Å². The lowest BCUT2D eigenvalue weighted by atomic mass is 9.92. The van der Waals surface area contributed by atoms with Crippen molar-refractivity contribution in [3.05, 3.63) is 58.2 Å². The number of amides is 1. The number of Topliss-reactive ketones (excluding diaryl/α,β-unsaturated/α-hetero) is 1. The molecule has 1 aromatic heterocycles. The van der Waals surface area contributed by atoms with Gasteiger partial charge in [0.1, 0.15) is 5.82 Å². The quantitative estimate of drug-likeness (QED) is 0.783. The largest absolute Gasteiger partial charge is 0.352 e. The molecule has 29 heavy (non-hydrogen) atoms. The average Bonchev–Trinajstić information content (AvgIpc) is 3.26. The van der Waals surface area contributed by atoms with Crippen molar-refractivity contribution in [2.24, 2.45) is 0 Å². The van der Waals surface area contributed by atoms with E-state index in [1.165, 1.54) is 6.07 Å². The third-order valence-electron chi connectivity index (χ3n) is 5.90.